The van der Waals surface area contributed by atoms with E-state index in [0.29, 0.717) is 0 Å². The van der Waals surface area contributed by atoms with Crippen LogP contribution in [0.1, 0.15) is 33.3 Å². The standard InChI is InChI=1S/C13H22BrNOSi/c1-7-10-11(8-9-15-12(10)14)16-17(5,6)13(2,3)4/h8-9H,7H2,1-6H3. The minimum atomic E-state index is -1.76. The predicted molar refractivity (Wildman–Crippen MR) is 79.1 cm³/mol. The first kappa shape index (κ1) is 14.7. The molecule has 0 aliphatic heterocycles. The summed E-state index contributed by atoms with van der Waals surface area (Å²) in [6.07, 6.45) is 2.73. The number of rotatable bonds is 3. The van der Waals surface area contributed by atoms with Crippen LogP contribution in [0.4, 0.5) is 0 Å². The summed E-state index contributed by atoms with van der Waals surface area (Å²) in [6, 6.07) is 1.98. The van der Waals surface area contributed by atoms with E-state index in [4.69, 9.17) is 4.43 Å². The fourth-order valence-corrected chi connectivity index (χ4v) is 2.94. The Morgan fingerprint density at radius 1 is 1.35 bits per heavy atom. The molecule has 0 atom stereocenters. The molecule has 1 aromatic rings. The lowest BCUT2D eigenvalue weighted by Gasteiger charge is -2.37. The van der Waals surface area contributed by atoms with Gasteiger partial charge in [-0.2, -0.15) is 0 Å². The van der Waals surface area contributed by atoms with Crippen LogP contribution in [0.15, 0.2) is 16.9 Å². The summed E-state index contributed by atoms with van der Waals surface area (Å²) in [5.41, 5.74) is 1.16. The van der Waals surface area contributed by atoms with Crippen molar-refractivity contribution in [3.63, 3.8) is 0 Å². The molecule has 2 nitrogen and oxygen atoms in total. The number of nitrogens with zero attached hydrogens (tertiary/aromatic N) is 1. The van der Waals surface area contributed by atoms with Gasteiger partial charge in [-0.15, -0.1) is 0 Å². The number of hydrogen-bond donors (Lipinski definition) is 0. The van der Waals surface area contributed by atoms with Gasteiger partial charge in [0.25, 0.3) is 0 Å². The summed E-state index contributed by atoms with van der Waals surface area (Å²) in [4.78, 5) is 4.25. The molecule has 0 N–H and O–H groups in total. The Labute approximate surface area is 114 Å². The summed E-state index contributed by atoms with van der Waals surface area (Å²) in [6.45, 7) is 13.4. The molecule has 0 unspecified atom stereocenters. The van der Waals surface area contributed by atoms with E-state index in [1.165, 1.54) is 0 Å². The van der Waals surface area contributed by atoms with E-state index in [1.807, 2.05) is 6.07 Å². The molecular weight excluding hydrogens is 294 g/mol. The molecule has 1 rings (SSSR count). The Morgan fingerprint density at radius 3 is 2.41 bits per heavy atom. The van der Waals surface area contributed by atoms with Gasteiger partial charge in [0.1, 0.15) is 10.4 Å². The molecular formula is C13H22BrNOSi. The van der Waals surface area contributed by atoms with Gasteiger partial charge < -0.3 is 4.43 Å². The monoisotopic (exact) mass is 315 g/mol. The lowest BCUT2D eigenvalue weighted by molar-refractivity contribution is 0.486. The predicted octanol–water partition coefficient (Wildman–Crippen LogP) is 4.79. The highest BCUT2D eigenvalue weighted by Gasteiger charge is 2.39. The first-order chi connectivity index (χ1) is 7.69. The van der Waals surface area contributed by atoms with Gasteiger partial charge in [-0.1, -0.05) is 27.7 Å². The van der Waals surface area contributed by atoms with Gasteiger partial charge in [-0.05, 0) is 46.5 Å². The molecule has 0 saturated heterocycles. The summed E-state index contributed by atoms with van der Waals surface area (Å²) >= 11 is 3.49. The summed E-state index contributed by atoms with van der Waals surface area (Å²) in [7, 11) is -1.76. The van der Waals surface area contributed by atoms with Crippen LogP contribution in [0.2, 0.25) is 18.1 Å². The van der Waals surface area contributed by atoms with Gasteiger partial charge in [-0.3, -0.25) is 0 Å². The minimum Gasteiger partial charge on any atom is -0.543 e. The van der Waals surface area contributed by atoms with Crippen molar-refractivity contribution in [3.8, 4) is 5.75 Å². The van der Waals surface area contributed by atoms with Crippen LogP contribution in [0, 0.1) is 0 Å². The molecule has 0 aliphatic rings. The average Bonchev–Trinajstić information content (AvgIpc) is 2.15. The van der Waals surface area contributed by atoms with Crippen molar-refractivity contribution in [2.45, 2.75) is 52.2 Å². The normalized spacial score (nSPS) is 12.6. The van der Waals surface area contributed by atoms with Gasteiger partial charge in [0.05, 0.1) is 0 Å². The van der Waals surface area contributed by atoms with E-state index < -0.39 is 8.32 Å². The topological polar surface area (TPSA) is 22.1 Å². The van der Waals surface area contributed by atoms with Crippen LogP contribution < -0.4 is 4.43 Å². The van der Waals surface area contributed by atoms with Gasteiger partial charge >= 0.3 is 0 Å². The van der Waals surface area contributed by atoms with Crippen molar-refractivity contribution < 1.29 is 4.43 Å². The van der Waals surface area contributed by atoms with Crippen LogP contribution in [0.3, 0.4) is 0 Å². The van der Waals surface area contributed by atoms with Gasteiger partial charge in [0.2, 0.25) is 8.32 Å². The summed E-state index contributed by atoms with van der Waals surface area (Å²) in [5.74, 6) is 0.987. The highest BCUT2D eigenvalue weighted by Crippen LogP contribution is 2.38. The van der Waals surface area contributed by atoms with Gasteiger partial charge in [0, 0.05) is 11.8 Å². The summed E-state index contributed by atoms with van der Waals surface area (Å²) < 4.78 is 7.24. The quantitative estimate of drug-likeness (QED) is 0.591. The van der Waals surface area contributed by atoms with Crippen LogP contribution in [-0.4, -0.2) is 13.3 Å². The molecule has 1 heterocycles. The molecule has 0 bridgehead atoms. The molecule has 0 radical (unpaired) electrons. The zero-order chi connectivity index (χ0) is 13.3. The second kappa shape index (κ2) is 5.10. The third kappa shape index (κ3) is 3.32. The van der Waals surface area contributed by atoms with E-state index >= 15 is 0 Å². The Bertz CT molecular complexity index is 399. The molecule has 0 aliphatic carbocycles. The smallest absolute Gasteiger partial charge is 0.250 e. The number of aromatic nitrogens is 1. The summed E-state index contributed by atoms with van der Waals surface area (Å²) in [5, 5.41) is 0.216. The first-order valence-electron chi connectivity index (χ1n) is 6.01. The molecule has 0 amide bonds. The second-order valence-corrected chi connectivity index (χ2v) is 11.3. The maximum Gasteiger partial charge on any atom is 0.250 e. The van der Waals surface area contributed by atoms with Crippen LogP contribution in [-0.2, 0) is 6.42 Å². The van der Waals surface area contributed by atoms with E-state index in [1.54, 1.807) is 6.20 Å². The zero-order valence-corrected chi connectivity index (χ0v) is 14.2. The number of pyridine rings is 1. The molecule has 96 valence electrons. The molecule has 4 heteroatoms. The maximum atomic E-state index is 6.34. The first-order valence-corrected chi connectivity index (χ1v) is 9.71. The van der Waals surface area contributed by atoms with E-state index in [9.17, 15) is 0 Å². The maximum absolute atomic E-state index is 6.34. The molecule has 17 heavy (non-hydrogen) atoms. The fraction of sp³-hybridized carbons (Fsp3) is 0.615. The number of halogens is 1. The average molecular weight is 316 g/mol. The highest BCUT2D eigenvalue weighted by molar-refractivity contribution is 9.10. The van der Waals surface area contributed by atoms with Crippen molar-refractivity contribution >= 4 is 24.2 Å². The van der Waals surface area contributed by atoms with Crippen LogP contribution in [0.5, 0.6) is 5.75 Å². The van der Waals surface area contributed by atoms with E-state index in [0.717, 1.165) is 22.3 Å². The SMILES string of the molecule is CCc1c(O[Si](C)(C)C(C)(C)C)ccnc1Br. The third-order valence-electron chi connectivity index (χ3n) is 3.49. The molecule has 0 fully saturated rings. The molecule has 0 saturated carbocycles. The van der Waals surface area contributed by atoms with Crippen molar-refractivity contribution in [3.05, 3.63) is 22.4 Å². The molecule has 0 spiro atoms. The van der Waals surface area contributed by atoms with Crippen molar-refractivity contribution in [1.82, 2.24) is 4.98 Å². The highest BCUT2D eigenvalue weighted by atomic mass is 79.9. The fourth-order valence-electron chi connectivity index (χ4n) is 1.29. The van der Waals surface area contributed by atoms with Crippen molar-refractivity contribution in [2.24, 2.45) is 0 Å². The van der Waals surface area contributed by atoms with Crippen LogP contribution >= 0.6 is 15.9 Å². The van der Waals surface area contributed by atoms with Crippen molar-refractivity contribution in [1.29, 1.82) is 0 Å². The Balaban J connectivity index is 3.08. The number of hydrogen-bond acceptors (Lipinski definition) is 2. The van der Waals surface area contributed by atoms with Gasteiger partial charge in [-0.25, -0.2) is 4.98 Å². The van der Waals surface area contributed by atoms with E-state index in [-0.39, 0.29) is 5.04 Å². The molecule has 0 aromatic carbocycles. The van der Waals surface area contributed by atoms with E-state index in [2.05, 4.69) is 61.7 Å². The Hall–Kier alpha value is -0.353. The molecule has 1 aromatic heterocycles. The van der Waals surface area contributed by atoms with Gasteiger partial charge in [0.15, 0.2) is 0 Å². The lowest BCUT2D eigenvalue weighted by atomic mass is 10.2. The third-order valence-corrected chi connectivity index (χ3v) is 8.51. The van der Waals surface area contributed by atoms with Crippen LogP contribution in [0.25, 0.3) is 0 Å². The minimum absolute atomic E-state index is 0.216. The lowest BCUT2D eigenvalue weighted by Crippen LogP contribution is -2.44. The zero-order valence-electron chi connectivity index (χ0n) is 11.6. The largest absolute Gasteiger partial charge is 0.543 e. The van der Waals surface area contributed by atoms with Crippen molar-refractivity contribution in [2.75, 3.05) is 0 Å². The second-order valence-electron chi connectivity index (χ2n) is 5.79. The Morgan fingerprint density at radius 2 is 1.94 bits per heavy atom. The Kier molecular flexibility index (Phi) is 4.41.